The first kappa shape index (κ1) is 15.8. The average molecular weight is 314 g/mol. The Kier molecular flexibility index (Phi) is 5.43. The van der Waals surface area contributed by atoms with Gasteiger partial charge in [-0.15, -0.1) is 11.8 Å². The molecule has 0 saturated carbocycles. The van der Waals surface area contributed by atoms with Crippen molar-refractivity contribution < 1.29 is 9.53 Å². The van der Waals surface area contributed by atoms with Gasteiger partial charge in [0.1, 0.15) is 5.69 Å². The Bertz CT molecular complexity index is 476. The highest BCUT2D eigenvalue weighted by Crippen LogP contribution is 2.38. The minimum Gasteiger partial charge on any atom is -0.493 e. The van der Waals surface area contributed by atoms with E-state index >= 15 is 0 Å². The van der Waals surface area contributed by atoms with Gasteiger partial charge in [0.15, 0.2) is 11.5 Å². The van der Waals surface area contributed by atoms with Crippen LogP contribution in [0.5, 0.6) is 5.75 Å². The molecule has 3 unspecified atom stereocenters. The number of nitrogens with zero attached hydrogens (tertiary/aromatic N) is 2. The minimum atomic E-state index is 0.00686. The molecule has 1 aromatic rings. The van der Waals surface area contributed by atoms with E-state index in [1.165, 1.54) is 0 Å². The molecule has 0 bridgehead atoms. The fraction of sp³-hybridized carbons (Fsp3) is 0.714. The third-order valence-corrected chi connectivity index (χ3v) is 6.93. The van der Waals surface area contributed by atoms with E-state index in [0.717, 1.165) is 18.7 Å². The summed E-state index contributed by atoms with van der Waals surface area (Å²) in [7, 11) is 1.59. The van der Waals surface area contributed by atoms with E-state index in [9.17, 15) is 4.79 Å². The second kappa shape index (κ2) is 6.89. The van der Waals surface area contributed by atoms with E-state index in [2.05, 4.69) is 25.9 Å². The molecular formula is C14H22N2O2S2. The molecule has 2 rings (SSSR count). The van der Waals surface area contributed by atoms with Crippen LogP contribution < -0.4 is 4.74 Å². The summed E-state index contributed by atoms with van der Waals surface area (Å²) in [5, 5.41) is 5.39. The van der Waals surface area contributed by atoms with E-state index in [4.69, 9.17) is 4.74 Å². The molecule has 3 atom stereocenters. The maximum Gasteiger partial charge on any atom is 0.198 e. The van der Waals surface area contributed by atoms with Gasteiger partial charge in [0.05, 0.1) is 18.6 Å². The standard InChI is InChI=1S/C14H22N2O2S2/c1-5-6-16-13(11(18-4)7-15-16)14(17)12-8-19-9(2)10(3)20-12/h7,9-10,12H,5-6,8H2,1-4H3. The molecule has 0 aromatic carbocycles. The smallest absolute Gasteiger partial charge is 0.198 e. The van der Waals surface area contributed by atoms with Crippen molar-refractivity contribution in [3.63, 3.8) is 0 Å². The van der Waals surface area contributed by atoms with Crippen LogP contribution in [0.15, 0.2) is 6.20 Å². The summed E-state index contributed by atoms with van der Waals surface area (Å²) in [6, 6.07) is 0. The zero-order valence-electron chi connectivity index (χ0n) is 12.5. The van der Waals surface area contributed by atoms with Crippen LogP contribution in [0.1, 0.15) is 37.7 Å². The summed E-state index contributed by atoms with van der Waals surface area (Å²) in [6.07, 6.45) is 2.60. The fourth-order valence-corrected chi connectivity index (χ4v) is 5.07. The number of ether oxygens (including phenoxy) is 1. The third-order valence-electron chi connectivity index (χ3n) is 3.54. The van der Waals surface area contributed by atoms with Crippen molar-refractivity contribution in [3.8, 4) is 5.75 Å². The number of hydrogen-bond donors (Lipinski definition) is 0. The molecule has 0 aliphatic carbocycles. The van der Waals surface area contributed by atoms with Crippen molar-refractivity contribution in [2.45, 2.75) is 49.5 Å². The first-order valence-corrected chi connectivity index (χ1v) is 8.98. The number of thioether (sulfide) groups is 2. The first-order valence-electron chi connectivity index (χ1n) is 6.99. The third kappa shape index (κ3) is 3.17. The molecule has 6 heteroatoms. The van der Waals surface area contributed by atoms with Crippen LogP contribution in [0.3, 0.4) is 0 Å². The van der Waals surface area contributed by atoms with Crippen LogP contribution in [-0.4, -0.2) is 44.2 Å². The maximum absolute atomic E-state index is 12.8. The van der Waals surface area contributed by atoms with Crippen molar-refractivity contribution in [2.24, 2.45) is 0 Å². The molecule has 20 heavy (non-hydrogen) atoms. The van der Waals surface area contributed by atoms with Crippen molar-refractivity contribution in [2.75, 3.05) is 12.9 Å². The number of rotatable bonds is 5. The minimum absolute atomic E-state index is 0.00686. The lowest BCUT2D eigenvalue weighted by molar-refractivity contribution is 0.0981. The van der Waals surface area contributed by atoms with Gasteiger partial charge in [0, 0.05) is 22.8 Å². The van der Waals surface area contributed by atoms with Gasteiger partial charge < -0.3 is 4.74 Å². The Hall–Kier alpha value is -0.620. The van der Waals surface area contributed by atoms with Gasteiger partial charge in [0.25, 0.3) is 0 Å². The van der Waals surface area contributed by atoms with Crippen LogP contribution in [0.2, 0.25) is 0 Å². The second-order valence-electron chi connectivity index (χ2n) is 5.02. The monoisotopic (exact) mass is 314 g/mol. The lowest BCUT2D eigenvalue weighted by atomic mass is 10.2. The Balaban J connectivity index is 2.22. The zero-order valence-corrected chi connectivity index (χ0v) is 14.1. The highest BCUT2D eigenvalue weighted by atomic mass is 32.2. The van der Waals surface area contributed by atoms with Crippen LogP contribution >= 0.6 is 23.5 Å². The number of Topliss-reactive ketones (excluding diaryl/α,β-unsaturated/α-hetero) is 1. The van der Waals surface area contributed by atoms with Gasteiger partial charge in [-0.2, -0.15) is 16.9 Å². The number of methoxy groups -OCH3 is 1. The topological polar surface area (TPSA) is 44.1 Å². The number of carbonyl (C=O) groups excluding carboxylic acids is 1. The molecule has 1 aliphatic rings. The van der Waals surface area contributed by atoms with E-state index < -0.39 is 0 Å². The lowest BCUT2D eigenvalue weighted by Gasteiger charge is -2.30. The predicted molar refractivity (Wildman–Crippen MR) is 86.2 cm³/mol. The van der Waals surface area contributed by atoms with E-state index in [0.29, 0.717) is 21.9 Å². The summed E-state index contributed by atoms with van der Waals surface area (Å²) >= 11 is 3.66. The number of carbonyl (C=O) groups is 1. The Labute approximate surface area is 129 Å². The van der Waals surface area contributed by atoms with Gasteiger partial charge in [-0.05, 0) is 6.42 Å². The molecule has 0 spiro atoms. The van der Waals surface area contributed by atoms with Crippen molar-refractivity contribution in [1.29, 1.82) is 0 Å². The van der Waals surface area contributed by atoms with Gasteiger partial charge in [-0.3, -0.25) is 9.48 Å². The molecule has 1 aliphatic heterocycles. The molecule has 2 heterocycles. The molecule has 1 fully saturated rings. The van der Waals surface area contributed by atoms with E-state index in [-0.39, 0.29) is 11.0 Å². The van der Waals surface area contributed by atoms with Crippen LogP contribution in [0, 0.1) is 0 Å². The summed E-state index contributed by atoms with van der Waals surface area (Å²) < 4.78 is 7.10. The molecule has 1 aromatic heterocycles. The summed E-state index contributed by atoms with van der Waals surface area (Å²) in [5.41, 5.74) is 0.634. The molecule has 0 amide bonds. The zero-order chi connectivity index (χ0) is 14.7. The summed E-state index contributed by atoms with van der Waals surface area (Å²) in [4.78, 5) is 12.8. The van der Waals surface area contributed by atoms with Gasteiger partial charge >= 0.3 is 0 Å². The Morgan fingerprint density at radius 3 is 2.85 bits per heavy atom. The van der Waals surface area contributed by atoms with Gasteiger partial charge in [0.2, 0.25) is 0 Å². The number of aryl methyl sites for hydroxylation is 1. The lowest BCUT2D eigenvalue weighted by Crippen LogP contribution is -2.33. The largest absolute Gasteiger partial charge is 0.493 e. The fourth-order valence-electron chi connectivity index (χ4n) is 2.22. The highest BCUT2D eigenvalue weighted by molar-refractivity contribution is 8.08. The number of aromatic nitrogens is 2. The SMILES string of the molecule is CCCn1ncc(OC)c1C(=O)C1CSC(C)C(C)S1. The predicted octanol–water partition coefficient (Wildman–Crippen LogP) is 3.11. The van der Waals surface area contributed by atoms with Gasteiger partial charge in [-0.1, -0.05) is 20.8 Å². The summed E-state index contributed by atoms with van der Waals surface area (Å²) in [5.74, 6) is 1.62. The Morgan fingerprint density at radius 1 is 1.50 bits per heavy atom. The number of hydrogen-bond acceptors (Lipinski definition) is 5. The van der Waals surface area contributed by atoms with E-state index in [1.807, 2.05) is 11.8 Å². The average Bonchev–Trinajstić information content (AvgIpc) is 2.84. The highest BCUT2D eigenvalue weighted by Gasteiger charge is 2.34. The molecular weight excluding hydrogens is 292 g/mol. The number of ketones is 1. The van der Waals surface area contributed by atoms with Crippen molar-refractivity contribution in [1.82, 2.24) is 9.78 Å². The van der Waals surface area contributed by atoms with E-state index in [1.54, 1.807) is 29.8 Å². The maximum atomic E-state index is 12.8. The summed E-state index contributed by atoms with van der Waals surface area (Å²) in [6.45, 7) is 7.26. The van der Waals surface area contributed by atoms with Gasteiger partial charge in [-0.25, -0.2) is 0 Å². The molecule has 0 N–H and O–H groups in total. The van der Waals surface area contributed by atoms with Crippen LogP contribution in [-0.2, 0) is 6.54 Å². The molecule has 4 nitrogen and oxygen atoms in total. The van der Waals surface area contributed by atoms with Crippen molar-refractivity contribution in [3.05, 3.63) is 11.9 Å². The quantitative estimate of drug-likeness (QED) is 0.781. The second-order valence-corrected chi connectivity index (χ2v) is 8.01. The van der Waals surface area contributed by atoms with Crippen LogP contribution in [0.25, 0.3) is 0 Å². The van der Waals surface area contributed by atoms with Crippen molar-refractivity contribution >= 4 is 29.3 Å². The molecule has 1 saturated heterocycles. The molecule has 0 radical (unpaired) electrons. The first-order chi connectivity index (χ1) is 9.58. The Morgan fingerprint density at radius 2 is 2.25 bits per heavy atom. The van der Waals surface area contributed by atoms with Crippen LogP contribution in [0.4, 0.5) is 0 Å². The normalized spacial score (nSPS) is 26.5. The molecule has 112 valence electrons.